The molecule has 0 fully saturated rings. The number of hydrogen-bond donors (Lipinski definition) is 0. The smallest absolute Gasteiger partial charge is 0.247 e. The normalized spacial score (nSPS) is 11.1. The molecule has 0 bridgehead atoms. The summed E-state index contributed by atoms with van der Waals surface area (Å²) in [5.41, 5.74) is 3.41. The molecule has 0 unspecified atom stereocenters. The number of oxazole rings is 1. The molecule has 0 saturated heterocycles. The van der Waals surface area contributed by atoms with Crippen LogP contribution < -0.4 is 0 Å². The van der Waals surface area contributed by atoms with Crippen molar-refractivity contribution in [3.63, 3.8) is 0 Å². The van der Waals surface area contributed by atoms with Gasteiger partial charge >= 0.3 is 0 Å². The number of para-hydroxylation sites is 2. The molecule has 5 heteroatoms. The maximum absolute atomic E-state index is 5.74. The summed E-state index contributed by atoms with van der Waals surface area (Å²) in [7, 11) is 0. The van der Waals surface area contributed by atoms with E-state index in [-0.39, 0.29) is 0 Å². The Hall–Kier alpha value is -2.95. The van der Waals surface area contributed by atoms with Gasteiger partial charge in [0.2, 0.25) is 17.7 Å². The van der Waals surface area contributed by atoms with Gasteiger partial charge in [-0.2, -0.15) is 0 Å². The second kappa shape index (κ2) is 4.56. The lowest BCUT2D eigenvalue weighted by Crippen LogP contribution is -1.80. The van der Waals surface area contributed by atoms with Crippen LogP contribution in [0.25, 0.3) is 34.0 Å². The zero-order valence-electron chi connectivity index (χ0n) is 11.3. The van der Waals surface area contributed by atoms with Crippen LogP contribution in [0.1, 0.15) is 5.89 Å². The highest BCUT2D eigenvalue weighted by Crippen LogP contribution is 2.26. The van der Waals surface area contributed by atoms with Gasteiger partial charge in [-0.25, -0.2) is 4.98 Å². The second-order valence-electron chi connectivity index (χ2n) is 4.69. The van der Waals surface area contributed by atoms with Crippen molar-refractivity contribution < 1.29 is 8.83 Å². The number of hydrogen-bond acceptors (Lipinski definition) is 5. The lowest BCUT2D eigenvalue weighted by molar-refractivity contribution is 0.533. The van der Waals surface area contributed by atoms with Crippen LogP contribution in [-0.2, 0) is 0 Å². The number of aromatic nitrogens is 3. The molecule has 0 radical (unpaired) electrons. The van der Waals surface area contributed by atoms with Crippen molar-refractivity contribution in [1.29, 1.82) is 0 Å². The first-order valence-electron chi connectivity index (χ1n) is 6.56. The van der Waals surface area contributed by atoms with Crippen molar-refractivity contribution in [3.05, 3.63) is 54.4 Å². The maximum atomic E-state index is 5.74. The van der Waals surface area contributed by atoms with Gasteiger partial charge in [-0.05, 0) is 36.4 Å². The van der Waals surface area contributed by atoms with Crippen LogP contribution in [0.3, 0.4) is 0 Å². The molecule has 0 amide bonds. The summed E-state index contributed by atoms with van der Waals surface area (Å²) in [5.74, 6) is 1.66. The summed E-state index contributed by atoms with van der Waals surface area (Å²) in [6, 6.07) is 15.4. The Bertz CT molecular complexity index is 874. The number of nitrogens with zero attached hydrogens (tertiary/aromatic N) is 3. The highest BCUT2D eigenvalue weighted by atomic mass is 16.4. The molecule has 4 rings (SSSR count). The Labute approximate surface area is 120 Å². The van der Waals surface area contributed by atoms with Gasteiger partial charge in [-0.1, -0.05) is 12.1 Å². The molecule has 5 nitrogen and oxygen atoms in total. The SMILES string of the molecule is Cc1nnc(-c2ccc(-c3nc4ccccc4o3)cc2)o1. The maximum Gasteiger partial charge on any atom is 0.247 e. The second-order valence-corrected chi connectivity index (χ2v) is 4.69. The van der Waals surface area contributed by atoms with E-state index in [0.29, 0.717) is 17.7 Å². The van der Waals surface area contributed by atoms with Gasteiger partial charge in [-0.3, -0.25) is 0 Å². The molecular formula is C16H11N3O2. The fourth-order valence-corrected chi connectivity index (χ4v) is 2.16. The molecule has 0 N–H and O–H groups in total. The van der Waals surface area contributed by atoms with Crippen molar-refractivity contribution in [2.45, 2.75) is 6.92 Å². The van der Waals surface area contributed by atoms with Crippen molar-refractivity contribution in [2.75, 3.05) is 0 Å². The largest absolute Gasteiger partial charge is 0.436 e. The molecule has 0 aliphatic rings. The van der Waals surface area contributed by atoms with Crippen LogP contribution in [0.4, 0.5) is 0 Å². The summed E-state index contributed by atoms with van der Waals surface area (Å²) in [6.45, 7) is 1.77. The van der Waals surface area contributed by atoms with Gasteiger partial charge in [0.05, 0.1) is 0 Å². The van der Waals surface area contributed by atoms with Crippen LogP contribution in [0, 0.1) is 6.92 Å². The van der Waals surface area contributed by atoms with E-state index in [2.05, 4.69) is 15.2 Å². The zero-order valence-corrected chi connectivity index (χ0v) is 11.3. The lowest BCUT2D eigenvalue weighted by Gasteiger charge is -1.97. The van der Waals surface area contributed by atoms with Crippen LogP contribution >= 0.6 is 0 Å². The molecule has 0 aliphatic heterocycles. The van der Waals surface area contributed by atoms with E-state index in [1.54, 1.807) is 6.92 Å². The predicted molar refractivity (Wildman–Crippen MR) is 77.5 cm³/mol. The van der Waals surface area contributed by atoms with Crippen molar-refractivity contribution in [1.82, 2.24) is 15.2 Å². The number of rotatable bonds is 2. The first kappa shape index (κ1) is 11.8. The molecule has 4 aromatic rings. The summed E-state index contributed by atoms with van der Waals surface area (Å²) < 4.78 is 11.1. The topological polar surface area (TPSA) is 65.0 Å². The Kier molecular flexibility index (Phi) is 2.57. The fourth-order valence-electron chi connectivity index (χ4n) is 2.16. The summed E-state index contributed by atoms with van der Waals surface area (Å²) >= 11 is 0. The van der Waals surface area contributed by atoms with E-state index < -0.39 is 0 Å². The Morgan fingerprint density at radius 3 is 2.14 bits per heavy atom. The summed E-state index contributed by atoms with van der Waals surface area (Å²) in [4.78, 5) is 4.47. The van der Waals surface area contributed by atoms with E-state index in [1.165, 1.54) is 0 Å². The highest BCUT2D eigenvalue weighted by molar-refractivity contribution is 5.76. The molecule has 0 saturated carbocycles. The third-order valence-corrected chi connectivity index (χ3v) is 3.20. The van der Waals surface area contributed by atoms with Gasteiger partial charge < -0.3 is 8.83 Å². The van der Waals surface area contributed by atoms with Crippen LogP contribution in [0.2, 0.25) is 0 Å². The Morgan fingerprint density at radius 1 is 0.762 bits per heavy atom. The molecule has 0 aliphatic carbocycles. The van der Waals surface area contributed by atoms with E-state index in [9.17, 15) is 0 Å². The average molecular weight is 277 g/mol. The summed E-state index contributed by atoms with van der Waals surface area (Å²) in [5, 5.41) is 7.82. The first-order chi connectivity index (χ1) is 10.3. The number of fused-ring (bicyclic) bond motifs is 1. The van der Waals surface area contributed by atoms with Crippen LogP contribution in [-0.4, -0.2) is 15.2 Å². The third-order valence-electron chi connectivity index (χ3n) is 3.20. The minimum Gasteiger partial charge on any atom is -0.436 e. The van der Waals surface area contributed by atoms with Gasteiger partial charge in [0.1, 0.15) is 5.52 Å². The Balaban J connectivity index is 1.72. The van der Waals surface area contributed by atoms with Crippen molar-refractivity contribution in [3.8, 4) is 22.9 Å². The van der Waals surface area contributed by atoms with E-state index >= 15 is 0 Å². The minimum absolute atomic E-state index is 0.511. The van der Waals surface area contributed by atoms with Gasteiger partial charge in [0.25, 0.3) is 0 Å². The van der Waals surface area contributed by atoms with Crippen molar-refractivity contribution >= 4 is 11.1 Å². The lowest BCUT2D eigenvalue weighted by atomic mass is 10.1. The number of benzene rings is 2. The molecule has 21 heavy (non-hydrogen) atoms. The van der Waals surface area contributed by atoms with Gasteiger partial charge in [-0.15, -0.1) is 10.2 Å². The van der Waals surface area contributed by atoms with E-state index in [0.717, 1.165) is 22.2 Å². The zero-order chi connectivity index (χ0) is 14.2. The summed E-state index contributed by atoms with van der Waals surface area (Å²) in [6.07, 6.45) is 0. The minimum atomic E-state index is 0.511. The average Bonchev–Trinajstić information content (AvgIpc) is 3.13. The monoisotopic (exact) mass is 277 g/mol. The molecule has 2 heterocycles. The highest BCUT2D eigenvalue weighted by Gasteiger charge is 2.10. The molecular weight excluding hydrogens is 266 g/mol. The first-order valence-corrected chi connectivity index (χ1v) is 6.56. The van der Waals surface area contributed by atoms with Crippen LogP contribution in [0.5, 0.6) is 0 Å². The fraction of sp³-hybridized carbons (Fsp3) is 0.0625. The predicted octanol–water partition coefficient (Wildman–Crippen LogP) is 3.85. The van der Waals surface area contributed by atoms with E-state index in [1.807, 2.05) is 48.5 Å². The standard InChI is InChI=1S/C16H11N3O2/c1-10-18-19-16(20-10)12-8-6-11(7-9-12)15-17-13-4-2-3-5-14(13)21-15/h2-9H,1H3. The van der Waals surface area contributed by atoms with Crippen molar-refractivity contribution in [2.24, 2.45) is 0 Å². The number of aryl methyl sites for hydroxylation is 1. The third kappa shape index (κ3) is 2.08. The van der Waals surface area contributed by atoms with E-state index in [4.69, 9.17) is 8.83 Å². The molecule has 102 valence electrons. The quantitative estimate of drug-likeness (QED) is 0.556. The molecule has 2 aromatic carbocycles. The molecule has 2 aromatic heterocycles. The van der Waals surface area contributed by atoms with Gasteiger partial charge in [0, 0.05) is 18.1 Å². The molecule has 0 atom stereocenters. The Morgan fingerprint density at radius 2 is 1.48 bits per heavy atom. The van der Waals surface area contributed by atoms with Crippen LogP contribution in [0.15, 0.2) is 57.4 Å². The molecule has 0 spiro atoms. The van der Waals surface area contributed by atoms with Gasteiger partial charge in [0.15, 0.2) is 5.58 Å².